The van der Waals surface area contributed by atoms with Gasteiger partial charge in [0.25, 0.3) is 5.91 Å². The predicted octanol–water partition coefficient (Wildman–Crippen LogP) is 5.40. The Labute approximate surface area is 193 Å². The van der Waals surface area contributed by atoms with Gasteiger partial charge in [0.1, 0.15) is 16.5 Å². The van der Waals surface area contributed by atoms with E-state index in [0.29, 0.717) is 21.2 Å². The minimum absolute atomic E-state index is 0.219. The number of hydrazone groups is 1. The number of rotatable bonds is 7. The Morgan fingerprint density at radius 3 is 2.39 bits per heavy atom. The molecule has 1 amide bonds. The van der Waals surface area contributed by atoms with Gasteiger partial charge in [0.05, 0.1) is 16.8 Å². The molecule has 0 aliphatic heterocycles. The molecular weight excluding hydrogens is 463 g/mol. The van der Waals surface area contributed by atoms with Gasteiger partial charge in [0.15, 0.2) is 6.61 Å². The van der Waals surface area contributed by atoms with Crippen LogP contribution in [-0.4, -0.2) is 24.7 Å². The third-order valence-corrected chi connectivity index (χ3v) is 4.92. The number of ether oxygens (including phenoxy) is 2. The maximum Gasteiger partial charge on any atom is 0.343 e. The molecule has 0 radical (unpaired) electrons. The molecule has 0 heterocycles. The summed E-state index contributed by atoms with van der Waals surface area (Å²) in [6.45, 7) is -0.315. The molecule has 0 spiro atoms. The first-order valence-corrected chi connectivity index (χ1v) is 10.0. The second kappa shape index (κ2) is 10.8. The molecule has 0 bridgehead atoms. The number of esters is 1. The maximum atomic E-state index is 12.3. The van der Waals surface area contributed by atoms with Crippen molar-refractivity contribution >= 4 is 52.9 Å². The maximum absolute atomic E-state index is 12.3. The summed E-state index contributed by atoms with van der Waals surface area (Å²) < 4.78 is 10.8. The fourth-order valence-corrected chi connectivity index (χ4v) is 2.84. The topological polar surface area (TPSA) is 77.0 Å². The van der Waals surface area contributed by atoms with Crippen LogP contribution in [0.25, 0.3) is 0 Å². The van der Waals surface area contributed by atoms with Crippen molar-refractivity contribution in [3.63, 3.8) is 0 Å². The Hall–Kier alpha value is -3.06. The highest BCUT2D eigenvalue weighted by atomic mass is 35.5. The van der Waals surface area contributed by atoms with Gasteiger partial charge in [-0.2, -0.15) is 5.10 Å². The van der Waals surface area contributed by atoms with Crippen LogP contribution in [-0.2, 0) is 4.79 Å². The van der Waals surface area contributed by atoms with E-state index >= 15 is 0 Å². The average molecular weight is 478 g/mol. The van der Waals surface area contributed by atoms with Crippen molar-refractivity contribution in [2.24, 2.45) is 5.10 Å². The summed E-state index contributed by atoms with van der Waals surface area (Å²) in [5.74, 6) is -0.494. The van der Waals surface area contributed by atoms with E-state index in [2.05, 4.69) is 10.5 Å². The number of hydrogen-bond donors (Lipinski definition) is 1. The largest absolute Gasteiger partial charge is 0.482 e. The van der Waals surface area contributed by atoms with Gasteiger partial charge in [0, 0.05) is 10.6 Å². The van der Waals surface area contributed by atoms with Gasteiger partial charge >= 0.3 is 5.97 Å². The second-order valence-electron chi connectivity index (χ2n) is 6.07. The van der Waals surface area contributed by atoms with Gasteiger partial charge in [-0.05, 0) is 48.5 Å². The molecule has 3 aromatic carbocycles. The van der Waals surface area contributed by atoms with Crippen LogP contribution in [0.1, 0.15) is 15.9 Å². The normalized spacial score (nSPS) is 10.7. The molecule has 9 heteroatoms. The Kier molecular flexibility index (Phi) is 7.89. The Balaban J connectivity index is 1.58. The van der Waals surface area contributed by atoms with Crippen LogP contribution >= 0.6 is 34.8 Å². The molecule has 0 aliphatic carbocycles. The van der Waals surface area contributed by atoms with Gasteiger partial charge < -0.3 is 9.47 Å². The number of halogens is 3. The molecule has 0 atom stereocenters. The Bertz CT molecular complexity index is 1120. The number of hydrogen-bond acceptors (Lipinski definition) is 5. The Morgan fingerprint density at radius 1 is 0.903 bits per heavy atom. The first-order valence-electron chi connectivity index (χ1n) is 8.89. The van der Waals surface area contributed by atoms with E-state index in [-0.39, 0.29) is 23.1 Å². The van der Waals surface area contributed by atoms with Crippen molar-refractivity contribution in [1.82, 2.24) is 5.43 Å². The quantitative estimate of drug-likeness (QED) is 0.214. The van der Waals surface area contributed by atoms with E-state index in [1.807, 2.05) is 0 Å². The fourth-order valence-electron chi connectivity index (χ4n) is 2.37. The van der Waals surface area contributed by atoms with Crippen molar-refractivity contribution < 1.29 is 19.1 Å². The number of nitrogens with zero attached hydrogens (tertiary/aromatic N) is 1. The summed E-state index contributed by atoms with van der Waals surface area (Å²) in [4.78, 5) is 24.3. The second-order valence-corrected chi connectivity index (χ2v) is 7.29. The lowest BCUT2D eigenvalue weighted by atomic mass is 10.2. The highest BCUT2D eigenvalue weighted by molar-refractivity contribution is 6.42. The zero-order valence-electron chi connectivity index (χ0n) is 15.8. The molecule has 0 saturated carbocycles. The van der Waals surface area contributed by atoms with Crippen molar-refractivity contribution in [2.75, 3.05) is 6.61 Å². The van der Waals surface area contributed by atoms with E-state index in [4.69, 9.17) is 44.3 Å². The van der Waals surface area contributed by atoms with Gasteiger partial charge in [-0.3, -0.25) is 4.79 Å². The first-order chi connectivity index (χ1) is 14.9. The highest BCUT2D eigenvalue weighted by Crippen LogP contribution is 2.31. The van der Waals surface area contributed by atoms with E-state index in [9.17, 15) is 9.59 Å². The van der Waals surface area contributed by atoms with Crippen molar-refractivity contribution in [3.8, 4) is 11.5 Å². The summed E-state index contributed by atoms with van der Waals surface area (Å²) in [5.41, 5.74) is 3.17. The third kappa shape index (κ3) is 6.46. The third-order valence-electron chi connectivity index (χ3n) is 3.87. The van der Waals surface area contributed by atoms with Crippen molar-refractivity contribution in [3.05, 3.63) is 92.9 Å². The van der Waals surface area contributed by atoms with E-state index in [1.54, 1.807) is 66.7 Å². The van der Waals surface area contributed by atoms with Crippen LogP contribution in [0.15, 0.2) is 71.8 Å². The van der Waals surface area contributed by atoms with Gasteiger partial charge in [-0.1, -0.05) is 53.0 Å². The average Bonchev–Trinajstić information content (AvgIpc) is 2.76. The summed E-state index contributed by atoms with van der Waals surface area (Å²) in [5, 5.41) is 4.93. The molecule has 1 N–H and O–H groups in total. The molecular formula is C22H15Cl3N2O4. The molecule has 3 aromatic rings. The zero-order valence-corrected chi connectivity index (χ0v) is 18.1. The summed E-state index contributed by atoms with van der Waals surface area (Å²) in [7, 11) is 0. The molecule has 3 rings (SSSR count). The number of benzene rings is 3. The summed E-state index contributed by atoms with van der Waals surface area (Å²) in [6.07, 6.45) is 1.36. The number of carbonyl (C=O) groups excluding carboxylic acids is 2. The zero-order chi connectivity index (χ0) is 22.2. The molecule has 0 aromatic heterocycles. The lowest BCUT2D eigenvalue weighted by Gasteiger charge is -2.08. The van der Waals surface area contributed by atoms with Gasteiger partial charge in [-0.15, -0.1) is 0 Å². The van der Waals surface area contributed by atoms with Crippen LogP contribution in [0.4, 0.5) is 0 Å². The number of para-hydroxylation sites is 1. The fraction of sp³-hybridized carbons (Fsp3) is 0.0455. The summed E-state index contributed by atoms with van der Waals surface area (Å²) in [6, 6.07) is 17.9. The standard InChI is InChI=1S/C22H15Cl3N2O4/c23-16-10-8-14(9-11-16)22(29)31-18-6-2-1-4-15(18)12-26-27-20(28)13-30-19-7-3-5-17(24)21(19)25/h1-12H,13H2,(H,27,28)/b26-12+. The van der Waals surface area contributed by atoms with Gasteiger partial charge in [-0.25, -0.2) is 10.2 Å². The van der Waals surface area contributed by atoms with Crippen LogP contribution in [0.2, 0.25) is 15.1 Å². The molecule has 6 nitrogen and oxygen atoms in total. The predicted molar refractivity (Wildman–Crippen MR) is 121 cm³/mol. The van der Waals surface area contributed by atoms with Crippen LogP contribution in [0, 0.1) is 0 Å². The van der Waals surface area contributed by atoms with E-state index in [0.717, 1.165) is 0 Å². The van der Waals surface area contributed by atoms with Crippen molar-refractivity contribution in [2.45, 2.75) is 0 Å². The number of nitrogens with one attached hydrogen (secondary N) is 1. The minimum Gasteiger partial charge on any atom is -0.482 e. The smallest absolute Gasteiger partial charge is 0.343 e. The number of amides is 1. The van der Waals surface area contributed by atoms with E-state index in [1.165, 1.54) is 6.21 Å². The van der Waals surface area contributed by atoms with Gasteiger partial charge in [0.2, 0.25) is 0 Å². The SMILES string of the molecule is O=C(COc1cccc(Cl)c1Cl)N/N=C/c1ccccc1OC(=O)c1ccc(Cl)cc1. The van der Waals surface area contributed by atoms with Crippen LogP contribution in [0.3, 0.4) is 0 Å². The number of carbonyl (C=O) groups is 2. The molecule has 0 fully saturated rings. The lowest BCUT2D eigenvalue weighted by molar-refractivity contribution is -0.123. The monoisotopic (exact) mass is 476 g/mol. The molecule has 31 heavy (non-hydrogen) atoms. The summed E-state index contributed by atoms with van der Waals surface area (Å²) >= 11 is 17.7. The van der Waals surface area contributed by atoms with Crippen LogP contribution in [0.5, 0.6) is 11.5 Å². The first kappa shape index (κ1) is 22.6. The van der Waals surface area contributed by atoms with Crippen molar-refractivity contribution in [1.29, 1.82) is 0 Å². The molecule has 0 aliphatic rings. The lowest BCUT2D eigenvalue weighted by Crippen LogP contribution is -2.24. The molecule has 0 unspecified atom stereocenters. The molecule has 0 saturated heterocycles. The highest BCUT2D eigenvalue weighted by Gasteiger charge is 2.11. The van der Waals surface area contributed by atoms with Crippen LogP contribution < -0.4 is 14.9 Å². The van der Waals surface area contributed by atoms with E-state index < -0.39 is 11.9 Å². The molecule has 158 valence electrons. The Morgan fingerprint density at radius 2 is 1.61 bits per heavy atom. The minimum atomic E-state index is -0.548.